The Hall–Kier alpha value is -2.28. The monoisotopic (exact) mass is 366 g/mol. The highest BCUT2D eigenvalue weighted by atomic mass is 16.2. The van der Waals surface area contributed by atoms with E-state index >= 15 is 0 Å². The lowest BCUT2D eigenvalue weighted by Gasteiger charge is -2.34. The van der Waals surface area contributed by atoms with Gasteiger partial charge in [-0.05, 0) is 56.8 Å². The summed E-state index contributed by atoms with van der Waals surface area (Å²) in [5.74, 6) is 2.47. The molecule has 3 saturated heterocycles. The third-order valence-corrected chi connectivity index (χ3v) is 6.56. The lowest BCUT2D eigenvalue weighted by molar-refractivity contribution is -0.134. The van der Waals surface area contributed by atoms with Crippen LogP contribution in [0.15, 0.2) is 24.5 Å². The number of aromatic nitrogens is 3. The van der Waals surface area contributed by atoms with Crippen LogP contribution < -0.4 is 4.90 Å². The Kier molecular flexibility index (Phi) is 4.19. The zero-order valence-electron chi connectivity index (χ0n) is 15.8. The van der Waals surface area contributed by atoms with Gasteiger partial charge in [0.1, 0.15) is 11.3 Å². The molecule has 3 fully saturated rings. The third-order valence-electron chi connectivity index (χ3n) is 6.56. The third kappa shape index (κ3) is 3.04. The number of carbonyl (C=O) groups excluding carboxylic acids is 1. The van der Waals surface area contributed by atoms with Gasteiger partial charge in [-0.3, -0.25) is 14.7 Å². The van der Waals surface area contributed by atoms with Gasteiger partial charge in [-0.25, -0.2) is 9.97 Å². The molecular formula is C20H26N6O. The molecule has 7 heteroatoms. The van der Waals surface area contributed by atoms with E-state index in [0.717, 1.165) is 63.3 Å². The number of nitrogens with zero attached hydrogens (tertiary/aromatic N) is 6. The molecule has 0 spiro atoms. The maximum Gasteiger partial charge on any atom is 0.239 e. The SMILES string of the molecule is CN1CCC[C@@H]1C(=O)N1C[C@@H]2CCN(c3ccc4nccnc4n3)C[C@@H]2C1. The van der Waals surface area contributed by atoms with Crippen LogP contribution in [0, 0.1) is 11.8 Å². The van der Waals surface area contributed by atoms with Crippen molar-refractivity contribution in [1.29, 1.82) is 0 Å². The number of rotatable bonds is 2. The summed E-state index contributed by atoms with van der Waals surface area (Å²) in [5.41, 5.74) is 1.53. The number of amides is 1. The van der Waals surface area contributed by atoms with Gasteiger partial charge in [-0.1, -0.05) is 0 Å². The minimum absolute atomic E-state index is 0.0991. The topological polar surface area (TPSA) is 65.5 Å². The van der Waals surface area contributed by atoms with Crippen LogP contribution in [0.2, 0.25) is 0 Å². The van der Waals surface area contributed by atoms with E-state index < -0.39 is 0 Å². The van der Waals surface area contributed by atoms with Gasteiger partial charge in [0.25, 0.3) is 0 Å². The van der Waals surface area contributed by atoms with Gasteiger partial charge < -0.3 is 9.80 Å². The standard InChI is InChI=1S/C20H26N6O/c1-24-9-2-3-17(24)20(27)26-11-14-6-10-25(12-15(14)13-26)18-5-4-16-19(23-18)22-8-7-21-16/h4-5,7-8,14-15,17H,2-3,6,9-13H2,1H3/t14-,15+,17+/m0/s1. The van der Waals surface area contributed by atoms with Crippen molar-refractivity contribution in [2.45, 2.75) is 25.3 Å². The highest BCUT2D eigenvalue weighted by molar-refractivity contribution is 5.82. The first-order chi connectivity index (χ1) is 13.2. The van der Waals surface area contributed by atoms with Crippen molar-refractivity contribution in [1.82, 2.24) is 24.8 Å². The second kappa shape index (κ2) is 6.71. The smallest absolute Gasteiger partial charge is 0.239 e. The average Bonchev–Trinajstić information content (AvgIpc) is 3.32. The summed E-state index contributed by atoms with van der Waals surface area (Å²) in [6.45, 7) is 4.82. The zero-order chi connectivity index (χ0) is 18.4. The molecule has 27 heavy (non-hydrogen) atoms. The first-order valence-corrected chi connectivity index (χ1v) is 10.0. The van der Waals surface area contributed by atoms with Gasteiger partial charge in [0.15, 0.2) is 5.65 Å². The van der Waals surface area contributed by atoms with Gasteiger partial charge >= 0.3 is 0 Å². The van der Waals surface area contributed by atoms with Gasteiger partial charge in [0, 0.05) is 38.6 Å². The summed E-state index contributed by atoms with van der Waals surface area (Å²) >= 11 is 0. The molecule has 0 radical (unpaired) electrons. The van der Waals surface area contributed by atoms with E-state index in [1.165, 1.54) is 0 Å². The van der Waals surface area contributed by atoms with Gasteiger partial charge in [0.05, 0.1) is 6.04 Å². The van der Waals surface area contributed by atoms with Crippen molar-refractivity contribution in [3.05, 3.63) is 24.5 Å². The summed E-state index contributed by atoms with van der Waals surface area (Å²) in [6.07, 6.45) is 6.65. The van der Waals surface area contributed by atoms with Gasteiger partial charge in [0.2, 0.25) is 5.91 Å². The summed E-state index contributed by atoms with van der Waals surface area (Å²) in [7, 11) is 2.08. The quantitative estimate of drug-likeness (QED) is 0.801. The van der Waals surface area contributed by atoms with Crippen molar-refractivity contribution < 1.29 is 4.79 Å². The molecule has 3 aliphatic rings. The van der Waals surface area contributed by atoms with Crippen molar-refractivity contribution >= 4 is 22.9 Å². The molecular weight excluding hydrogens is 340 g/mol. The second-order valence-electron chi connectivity index (χ2n) is 8.21. The molecule has 3 aliphatic heterocycles. The molecule has 0 aliphatic carbocycles. The molecule has 3 atom stereocenters. The molecule has 1 amide bonds. The van der Waals surface area contributed by atoms with Crippen molar-refractivity contribution in [2.24, 2.45) is 11.8 Å². The van der Waals surface area contributed by atoms with Crippen LogP contribution in [0.4, 0.5) is 5.82 Å². The van der Waals surface area contributed by atoms with Gasteiger partial charge in [-0.15, -0.1) is 0 Å². The van der Waals surface area contributed by atoms with Crippen LogP contribution in [-0.4, -0.2) is 76.5 Å². The predicted molar refractivity (Wildman–Crippen MR) is 103 cm³/mol. The van der Waals surface area contributed by atoms with Crippen LogP contribution in [0.3, 0.4) is 0 Å². The highest BCUT2D eigenvalue weighted by Gasteiger charge is 2.42. The first kappa shape index (κ1) is 16.9. The average molecular weight is 366 g/mol. The Morgan fingerprint density at radius 3 is 2.74 bits per heavy atom. The Morgan fingerprint density at radius 2 is 1.89 bits per heavy atom. The maximum atomic E-state index is 12.9. The van der Waals surface area contributed by atoms with Crippen LogP contribution in [0.1, 0.15) is 19.3 Å². The molecule has 0 saturated carbocycles. The number of carbonyl (C=O) groups is 1. The molecule has 2 aromatic heterocycles. The number of fused-ring (bicyclic) bond motifs is 2. The number of likely N-dealkylation sites (N-methyl/N-ethyl adjacent to an activating group) is 1. The van der Waals surface area contributed by atoms with E-state index in [4.69, 9.17) is 4.98 Å². The van der Waals surface area contributed by atoms with Crippen LogP contribution in [0.25, 0.3) is 11.2 Å². The van der Waals surface area contributed by atoms with Crippen molar-refractivity contribution in [3.63, 3.8) is 0 Å². The second-order valence-corrected chi connectivity index (χ2v) is 8.21. The van der Waals surface area contributed by atoms with E-state index in [1.54, 1.807) is 12.4 Å². The summed E-state index contributed by atoms with van der Waals surface area (Å²) in [6, 6.07) is 4.14. The fraction of sp³-hybridized carbons (Fsp3) is 0.600. The Labute approximate surface area is 159 Å². The maximum absolute atomic E-state index is 12.9. The Bertz CT molecular complexity index is 857. The molecule has 0 bridgehead atoms. The summed E-state index contributed by atoms with van der Waals surface area (Å²) in [5, 5.41) is 0. The normalized spacial score (nSPS) is 28.7. The number of anilines is 1. The van der Waals surface area contributed by atoms with E-state index in [9.17, 15) is 4.79 Å². The molecule has 0 unspecified atom stereocenters. The van der Waals surface area contributed by atoms with Crippen LogP contribution >= 0.6 is 0 Å². The van der Waals surface area contributed by atoms with Gasteiger partial charge in [-0.2, -0.15) is 0 Å². The van der Waals surface area contributed by atoms with Crippen molar-refractivity contribution in [2.75, 3.05) is 44.7 Å². The number of pyridine rings is 1. The van der Waals surface area contributed by atoms with Crippen LogP contribution in [-0.2, 0) is 4.79 Å². The number of piperidine rings is 1. The summed E-state index contributed by atoms with van der Waals surface area (Å²) in [4.78, 5) is 33.0. The lowest BCUT2D eigenvalue weighted by Crippen LogP contribution is -2.43. The minimum atomic E-state index is 0.0991. The number of hydrogen-bond acceptors (Lipinski definition) is 6. The minimum Gasteiger partial charge on any atom is -0.356 e. The molecule has 0 aromatic carbocycles. The molecule has 142 valence electrons. The van der Waals surface area contributed by atoms with E-state index in [0.29, 0.717) is 23.4 Å². The molecule has 7 nitrogen and oxygen atoms in total. The van der Waals surface area contributed by atoms with Crippen LogP contribution in [0.5, 0.6) is 0 Å². The number of likely N-dealkylation sites (tertiary alicyclic amines) is 2. The van der Waals surface area contributed by atoms with Crippen molar-refractivity contribution in [3.8, 4) is 0 Å². The predicted octanol–water partition coefficient (Wildman–Crippen LogP) is 1.40. The van der Waals surface area contributed by atoms with E-state index in [-0.39, 0.29) is 6.04 Å². The zero-order valence-corrected chi connectivity index (χ0v) is 15.8. The van der Waals surface area contributed by atoms with E-state index in [1.807, 2.05) is 12.1 Å². The summed E-state index contributed by atoms with van der Waals surface area (Å²) < 4.78 is 0. The highest BCUT2D eigenvalue weighted by Crippen LogP contribution is 2.34. The first-order valence-electron chi connectivity index (χ1n) is 10.0. The van der Waals surface area contributed by atoms with E-state index in [2.05, 4.69) is 31.7 Å². The number of hydrogen-bond donors (Lipinski definition) is 0. The molecule has 0 N–H and O–H groups in total. The Balaban J connectivity index is 1.29. The largest absolute Gasteiger partial charge is 0.356 e. The molecule has 5 rings (SSSR count). The fourth-order valence-corrected chi connectivity index (χ4v) is 5.01. The fourth-order valence-electron chi connectivity index (χ4n) is 5.01. The molecule has 2 aromatic rings. The lowest BCUT2D eigenvalue weighted by atomic mass is 9.89. The Morgan fingerprint density at radius 1 is 1.04 bits per heavy atom. The molecule has 5 heterocycles.